The quantitative estimate of drug-likeness (QED) is 0.687. The molecule has 1 amide bonds. The van der Waals surface area contributed by atoms with Crippen molar-refractivity contribution in [1.29, 1.82) is 0 Å². The topological polar surface area (TPSA) is 44.7 Å². The summed E-state index contributed by atoms with van der Waals surface area (Å²) in [6, 6.07) is 11.5. The van der Waals surface area contributed by atoms with E-state index in [-0.39, 0.29) is 5.91 Å². The number of anilines is 1. The lowest BCUT2D eigenvalue weighted by Crippen LogP contribution is -2.16. The van der Waals surface area contributed by atoms with E-state index in [4.69, 9.17) is 0 Å². The van der Waals surface area contributed by atoms with Crippen LogP contribution in [-0.2, 0) is 0 Å². The number of carbonyl (C=O) groups is 1. The third-order valence-electron chi connectivity index (χ3n) is 2.53. The molecule has 2 aromatic rings. The van der Waals surface area contributed by atoms with Crippen LogP contribution >= 0.6 is 11.3 Å². The number of hydrazone groups is 1. The van der Waals surface area contributed by atoms with Crippen LogP contribution in [0.3, 0.4) is 0 Å². The Bertz CT molecular complexity index is 559. The molecule has 0 saturated heterocycles. The van der Waals surface area contributed by atoms with Crippen molar-refractivity contribution in [3.05, 3.63) is 52.2 Å². The van der Waals surface area contributed by atoms with E-state index in [1.54, 1.807) is 12.3 Å². The van der Waals surface area contributed by atoms with Gasteiger partial charge >= 0.3 is 0 Å². The number of nitrogens with one attached hydrogen (secondary N) is 1. The Morgan fingerprint density at radius 1 is 1.26 bits per heavy atom. The molecule has 1 aromatic carbocycles. The lowest BCUT2D eigenvalue weighted by Gasteiger charge is -2.11. The zero-order valence-electron chi connectivity index (χ0n) is 10.8. The summed E-state index contributed by atoms with van der Waals surface area (Å²) in [6.07, 6.45) is 1.63. The van der Waals surface area contributed by atoms with Crippen LogP contribution in [0.4, 0.5) is 5.69 Å². The molecule has 0 radical (unpaired) electrons. The fraction of sp³-hybridized carbons (Fsp3) is 0.143. The maximum atomic E-state index is 11.6. The smallest absolute Gasteiger partial charge is 0.281 e. The average molecular weight is 273 g/mol. The van der Waals surface area contributed by atoms with Gasteiger partial charge < -0.3 is 4.90 Å². The summed E-state index contributed by atoms with van der Waals surface area (Å²) in [5, 5.41) is 5.80. The Labute approximate surface area is 116 Å². The second kappa shape index (κ2) is 6.15. The van der Waals surface area contributed by atoms with E-state index in [0.717, 1.165) is 11.3 Å². The molecule has 98 valence electrons. The number of amides is 1. The van der Waals surface area contributed by atoms with Gasteiger partial charge in [0, 0.05) is 19.8 Å². The molecule has 0 aliphatic rings. The molecule has 0 unspecified atom stereocenters. The minimum absolute atomic E-state index is 0.184. The lowest BCUT2D eigenvalue weighted by atomic mass is 10.2. The minimum Gasteiger partial charge on any atom is -0.378 e. The van der Waals surface area contributed by atoms with E-state index in [0.29, 0.717) is 4.88 Å². The summed E-state index contributed by atoms with van der Waals surface area (Å²) in [6.45, 7) is 0. The average Bonchev–Trinajstić information content (AvgIpc) is 2.93. The normalized spacial score (nSPS) is 10.6. The van der Waals surface area contributed by atoms with Crippen LogP contribution in [0, 0.1) is 0 Å². The molecule has 4 nitrogen and oxygen atoms in total. The highest BCUT2D eigenvalue weighted by atomic mass is 32.1. The summed E-state index contributed by atoms with van der Waals surface area (Å²) < 4.78 is 0. The molecular weight excluding hydrogens is 258 g/mol. The molecule has 0 fully saturated rings. The molecule has 0 atom stereocenters. The van der Waals surface area contributed by atoms with E-state index < -0.39 is 0 Å². The number of hydrogen-bond donors (Lipinski definition) is 1. The summed E-state index contributed by atoms with van der Waals surface area (Å²) in [5.41, 5.74) is 4.57. The molecule has 0 spiro atoms. The van der Waals surface area contributed by atoms with Crippen molar-refractivity contribution < 1.29 is 4.79 Å². The van der Waals surface area contributed by atoms with E-state index in [1.807, 2.05) is 54.7 Å². The van der Waals surface area contributed by atoms with Gasteiger partial charge in [-0.15, -0.1) is 11.3 Å². The zero-order valence-corrected chi connectivity index (χ0v) is 11.6. The number of thiophene rings is 1. The number of carbonyl (C=O) groups excluding carboxylic acids is 1. The van der Waals surface area contributed by atoms with Gasteiger partial charge in [-0.3, -0.25) is 4.79 Å². The minimum atomic E-state index is -0.184. The zero-order chi connectivity index (χ0) is 13.7. The fourth-order valence-electron chi connectivity index (χ4n) is 1.49. The van der Waals surface area contributed by atoms with Gasteiger partial charge in [-0.25, -0.2) is 5.43 Å². The Kier molecular flexibility index (Phi) is 4.30. The molecule has 1 heterocycles. The van der Waals surface area contributed by atoms with Gasteiger partial charge in [0.15, 0.2) is 0 Å². The highest BCUT2D eigenvalue weighted by Gasteiger charge is 2.03. The maximum absolute atomic E-state index is 11.6. The van der Waals surface area contributed by atoms with Crippen LogP contribution in [-0.4, -0.2) is 26.2 Å². The standard InChI is InChI=1S/C14H15N3OS/c1-17(2)12-7-5-11(6-8-12)10-15-16-14(18)13-4-3-9-19-13/h3-10H,1-2H3,(H,16,18)/b15-10-. The molecule has 1 aromatic heterocycles. The highest BCUT2D eigenvalue weighted by Crippen LogP contribution is 2.11. The summed E-state index contributed by atoms with van der Waals surface area (Å²) >= 11 is 1.39. The monoisotopic (exact) mass is 273 g/mol. The second-order valence-electron chi connectivity index (χ2n) is 4.16. The molecule has 0 bridgehead atoms. The van der Waals surface area contributed by atoms with E-state index in [1.165, 1.54) is 11.3 Å². The molecule has 2 rings (SSSR count). The Morgan fingerprint density at radius 3 is 2.58 bits per heavy atom. The Hall–Kier alpha value is -2.14. The SMILES string of the molecule is CN(C)c1ccc(/C=N\NC(=O)c2cccs2)cc1. The first-order chi connectivity index (χ1) is 9.16. The van der Waals surface area contributed by atoms with Gasteiger partial charge in [-0.2, -0.15) is 5.10 Å². The van der Waals surface area contributed by atoms with Gasteiger partial charge in [0.1, 0.15) is 0 Å². The summed E-state index contributed by atoms with van der Waals surface area (Å²) in [7, 11) is 3.98. The van der Waals surface area contributed by atoms with Crippen LogP contribution in [0.2, 0.25) is 0 Å². The van der Waals surface area contributed by atoms with Crippen molar-refractivity contribution in [2.45, 2.75) is 0 Å². The first-order valence-corrected chi connectivity index (χ1v) is 6.69. The van der Waals surface area contributed by atoms with Crippen molar-refractivity contribution >= 4 is 29.1 Å². The Morgan fingerprint density at radius 2 is 2.00 bits per heavy atom. The van der Waals surface area contributed by atoms with E-state index in [9.17, 15) is 4.79 Å². The van der Waals surface area contributed by atoms with Gasteiger partial charge in [-0.1, -0.05) is 18.2 Å². The highest BCUT2D eigenvalue weighted by molar-refractivity contribution is 7.12. The van der Waals surface area contributed by atoms with Crippen molar-refractivity contribution in [3.63, 3.8) is 0 Å². The van der Waals surface area contributed by atoms with Crippen LogP contribution in [0.5, 0.6) is 0 Å². The van der Waals surface area contributed by atoms with Gasteiger partial charge in [0.25, 0.3) is 5.91 Å². The largest absolute Gasteiger partial charge is 0.378 e. The predicted molar refractivity (Wildman–Crippen MR) is 80.1 cm³/mol. The van der Waals surface area contributed by atoms with Crippen LogP contribution < -0.4 is 10.3 Å². The van der Waals surface area contributed by atoms with Gasteiger partial charge in [0.2, 0.25) is 0 Å². The van der Waals surface area contributed by atoms with Crippen LogP contribution in [0.25, 0.3) is 0 Å². The summed E-state index contributed by atoms with van der Waals surface area (Å²) in [4.78, 5) is 14.3. The van der Waals surface area contributed by atoms with Gasteiger partial charge in [0.05, 0.1) is 11.1 Å². The Balaban J connectivity index is 1.94. The fourth-order valence-corrected chi connectivity index (χ4v) is 2.10. The second-order valence-corrected chi connectivity index (χ2v) is 5.11. The molecule has 0 saturated carbocycles. The first-order valence-electron chi connectivity index (χ1n) is 5.81. The number of benzene rings is 1. The number of hydrogen-bond acceptors (Lipinski definition) is 4. The third-order valence-corrected chi connectivity index (χ3v) is 3.40. The predicted octanol–water partition coefficient (Wildman–Crippen LogP) is 2.58. The molecular formula is C14H15N3OS. The molecule has 1 N–H and O–H groups in total. The lowest BCUT2D eigenvalue weighted by molar-refractivity contribution is 0.0959. The number of rotatable bonds is 4. The van der Waals surface area contributed by atoms with Crippen molar-refractivity contribution in [1.82, 2.24) is 5.43 Å². The maximum Gasteiger partial charge on any atom is 0.281 e. The van der Waals surface area contributed by atoms with Crippen molar-refractivity contribution in [2.24, 2.45) is 5.10 Å². The molecule has 0 aliphatic carbocycles. The van der Waals surface area contributed by atoms with E-state index >= 15 is 0 Å². The van der Waals surface area contributed by atoms with Crippen LogP contribution in [0.15, 0.2) is 46.9 Å². The number of nitrogens with zero attached hydrogens (tertiary/aromatic N) is 2. The third kappa shape index (κ3) is 3.66. The van der Waals surface area contributed by atoms with Crippen molar-refractivity contribution in [2.75, 3.05) is 19.0 Å². The first kappa shape index (κ1) is 13.3. The van der Waals surface area contributed by atoms with Crippen molar-refractivity contribution in [3.8, 4) is 0 Å². The summed E-state index contributed by atoms with van der Waals surface area (Å²) in [5.74, 6) is -0.184. The van der Waals surface area contributed by atoms with Gasteiger partial charge in [-0.05, 0) is 29.1 Å². The van der Waals surface area contributed by atoms with Crippen LogP contribution in [0.1, 0.15) is 15.2 Å². The molecule has 19 heavy (non-hydrogen) atoms. The molecule has 0 aliphatic heterocycles. The van der Waals surface area contributed by atoms with E-state index in [2.05, 4.69) is 10.5 Å². The molecule has 5 heteroatoms.